The van der Waals surface area contributed by atoms with E-state index in [0.717, 1.165) is 24.1 Å². The molecule has 160 valence electrons. The number of benzene rings is 1. The molecule has 2 N–H and O–H groups in total. The molecule has 3 heterocycles. The average Bonchev–Trinajstić information content (AvgIpc) is 2.76. The van der Waals surface area contributed by atoms with Gasteiger partial charge in [0.05, 0.1) is 0 Å². The SMILES string of the molecule is C=CCn1c(=O)c(N2CCC(NC(=O)Nc3cccc(C)c3)CC2)nc2cccnc21. The highest BCUT2D eigenvalue weighted by Gasteiger charge is 2.24. The highest BCUT2D eigenvalue weighted by atomic mass is 16.2. The van der Waals surface area contributed by atoms with Crippen molar-refractivity contribution in [2.24, 2.45) is 0 Å². The first-order valence-corrected chi connectivity index (χ1v) is 10.4. The predicted octanol–water partition coefficient (Wildman–Crippen LogP) is 3.08. The summed E-state index contributed by atoms with van der Waals surface area (Å²) >= 11 is 0. The Labute approximate surface area is 180 Å². The van der Waals surface area contributed by atoms with Crippen LogP contribution in [0, 0.1) is 6.92 Å². The van der Waals surface area contributed by atoms with Crippen molar-refractivity contribution in [1.29, 1.82) is 0 Å². The Morgan fingerprint density at radius 3 is 2.81 bits per heavy atom. The van der Waals surface area contributed by atoms with Crippen LogP contribution in [0.3, 0.4) is 0 Å². The van der Waals surface area contributed by atoms with Crippen molar-refractivity contribution < 1.29 is 4.79 Å². The lowest BCUT2D eigenvalue weighted by Gasteiger charge is -2.33. The van der Waals surface area contributed by atoms with Crippen LogP contribution in [0.5, 0.6) is 0 Å². The van der Waals surface area contributed by atoms with E-state index in [2.05, 4.69) is 27.2 Å². The molecule has 1 aromatic carbocycles. The Morgan fingerprint density at radius 2 is 2.06 bits per heavy atom. The molecule has 1 aliphatic heterocycles. The van der Waals surface area contributed by atoms with E-state index in [1.54, 1.807) is 16.8 Å². The van der Waals surface area contributed by atoms with Crippen molar-refractivity contribution in [2.75, 3.05) is 23.3 Å². The summed E-state index contributed by atoms with van der Waals surface area (Å²) in [5.74, 6) is 0.421. The zero-order valence-corrected chi connectivity index (χ0v) is 17.5. The first kappa shape index (κ1) is 20.6. The summed E-state index contributed by atoms with van der Waals surface area (Å²) in [6.45, 7) is 7.38. The van der Waals surface area contributed by atoms with Crippen LogP contribution >= 0.6 is 0 Å². The molecule has 0 saturated carbocycles. The number of rotatable bonds is 5. The molecule has 0 aliphatic carbocycles. The summed E-state index contributed by atoms with van der Waals surface area (Å²) in [6.07, 6.45) is 4.80. The second-order valence-corrected chi connectivity index (χ2v) is 7.72. The fourth-order valence-corrected chi connectivity index (χ4v) is 3.88. The number of nitrogens with zero attached hydrogens (tertiary/aromatic N) is 4. The summed E-state index contributed by atoms with van der Waals surface area (Å²) in [5.41, 5.74) is 2.92. The Hall–Kier alpha value is -3.68. The Morgan fingerprint density at radius 1 is 1.26 bits per heavy atom. The topological polar surface area (TPSA) is 92.2 Å². The largest absolute Gasteiger partial charge is 0.352 e. The minimum atomic E-state index is -0.215. The van der Waals surface area contributed by atoms with Crippen molar-refractivity contribution >= 4 is 28.7 Å². The standard InChI is InChI=1S/C23H26N6O2/c1-3-12-29-20-19(8-5-11-24-20)27-21(22(29)30)28-13-9-17(10-14-28)25-23(31)26-18-7-4-6-16(2)15-18/h3-8,11,15,17H,1,9-10,12-14H2,2H3,(H2,25,26,31). The van der Waals surface area contributed by atoms with Gasteiger partial charge in [-0.1, -0.05) is 18.2 Å². The number of allylic oxidation sites excluding steroid dienone is 1. The van der Waals surface area contributed by atoms with Gasteiger partial charge in [-0.05, 0) is 49.6 Å². The van der Waals surface area contributed by atoms with Gasteiger partial charge in [0, 0.05) is 37.6 Å². The van der Waals surface area contributed by atoms with Crippen molar-refractivity contribution in [3.05, 3.63) is 71.2 Å². The average molecular weight is 419 g/mol. The molecule has 31 heavy (non-hydrogen) atoms. The zero-order chi connectivity index (χ0) is 21.8. The number of anilines is 2. The number of carbonyl (C=O) groups is 1. The molecule has 1 fully saturated rings. The summed E-state index contributed by atoms with van der Waals surface area (Å²) in [7, 11) is 0. The molecule has 0 unspecified atom stereocenters. The predicted molar refractivity (Wildman–Crippen MR) is 123 cm³/mol. The van der Waals surface area contributed by atoms with E-state index in [1.165, 1.54) is 0 Å². The van der Waals surface area contributed by atoms with Crippen LogP contribution in [0.15, 0.2) is 60.0 Å². The molecule has 2 aromatic heterocycles. The molecular weight excluding hydrogens is 392 g/mol. The number of pyridine rings is 1. The Kier molecular flexibility index (Phi) is 5.97. The molecule has 0 spiro atoms. The second kappa shape index (κ2) is 8.99. The van der Waals surface area contributed by atoms with Crippen molar-refractivity contribution in [3.8, 4) is 0 Å². The smallest absolute Gasteiger partial charge is 0.319 e. The van der Waals surface area contributed by atoms with Gasteiger partial charge in [0.2, 0.25) is 0 Å². The molecule has 0 bridgehead atoms. The van der Waals surface area contributed by atoms with E-state index in [9.17, 15) is 9.59 Å². The van der Waals surface area contributed by atoms with Crippen LogP contribution < -0.4 is 21.1 Å². The quantitative estimate of drug-likeness (QED) is 0.622. The monoisotopic (exact) mass is 418 g/mol. The molecule has 0 atom stereocenters. The number of hydrogen-bond acceptors (Lipinski definition) is 5. The molecule has 3 aromatic rings. The summed E-state index contributed by atoms with van der Waals surface area (Å²) in [5, 5.41) is 5.91. The van der Waals surface area contributed by atoms with Crippen molar-refractivity contribution in [2.45, 2.75) is 32.4 Å². The first-order chi connectivity index (χ1) is 15.0. The lowest BCUT2D eigenvalue weighted by Crippen LogP contribution is -2.47. The number of fused-ring (bicyclic) bond motifs is 1. The third-order valence-electron chi connectivity index (χ3n) is 5.40. The fraction of sp³-hybridized carbons (Fsp3) is 0.304. The molecule has 8 nitrogen and oxygen atoms in total. The van der Waals surface area contributed by atoms with E-state index in [1.807, 2.05) is 48.2 Å². The van der Waals surface area contributed by atoms with E-state index in [-0.39, 0.29) is 17.6 Å². The van der Waals surface area contributed by atoms with Gasteiger partial charge in [-0.15, -0.1) is 6.58 Å². The molecule has 1 saturated heterocycles. The molecule has 8 heteroatoms. The van der Waals surface area contributed by atoms with E-state index >= 15 is 0 Å². The number of aromatic nitrogens is 3. The number of carbonyl (C=O) groups excluding carboxylic acids is 1. The molecule has 0 radical (unpaired) electrons. The van der Waals surface area contributed by atoms with E-state index < -0.39 is 0 Å². The van der Waals surface area contributed by atoms with Gasteiger partial charge in [-0.2, -0.15) is 0 Å². The highest BCUT2D eigenvalue weighted by molar-refractivity contribution is 5.89. The van der Waals surface area contributed by atoms with Crippen molar-refractivity contribution in [3.63, 3.8) is 0 Å². The number of aryl methyl sites for hydroxylation is 1. The third kappa shape index (κ3) is 4.58. The number of hydrogen-bond donors (Lipinski definition) is 2. The number of urea groups is 1. The van der Waals surface area contributed by atoms with Gasteiger partial charge in [0.15, 0.2) is 11.5 Å². The molecule has 2 amide bonds. The van der Waals surface area contributed by atoms with Crippen LogP contribution in [0.2, 0.25) is 0 Å². The maximum atomic E-state index is 13.1. The normalized spacial score (nSPS) is 14.4. The fourth-order valence-electron chi connectivity index (χ4n) is 3.88. The summed E-state index contributed by atoms with van der Waals surface area (Å²) in [6, 6.07) is 11.2. The van der Waals surface area contributed by atoms with Crippen LogP contribution in [0.1, 0.15) is 18.4 Å². The van der Waals surface area contributed by atoms with E-state index in [0.29, 0.717) is 36.6 Å². The maximum absolute atomic E-state index is 13.1. The van der Waals surface area contributed by atoms with Crippen LogP contribution in [-0.2, 0) is 6.54 Å². The van der Waals surface area contributed by atoms with Gasteiger partial charge in [0.25, 0.3) is 5.56 Å². The highest BCUT2D eigenvalue weighted by Crippen LogP contribution is 2.18. The molecular formula is C23H26N6O2. The maximum Gasteiger partial charge on any atom is 0.319 e. The van der Waals surface area contributed by atoms with Crippen LogP contribution in [-0.4, -0.2) is 39.7 Å². The lowest BCUT2D eigenvalue weighted by molar-refractivity contribution is 0.246. The van der Waals surface area contributed by atoms with Crippen molar-refractivity contribution in [1.82, 2.24) is 19.9 Å². The second-order valence-electron chi connectivity index (χ2n) is 7.72. The zero-order valence-electron chi connectivity index (χ0n) is 17.5. The van der Waals surface area contributed by atoms with E-state index in [4.69, 9.17) is 0 Å². The number of piperidine rings is 1. The lowest BCUT2D eigenvalue weighted by atomic mass is 10.1. The molecule has 1 aliphatic rings. The minimum absolute atomic E-state index is 0.0404. The Balaban J connectivity index is 1.43. The van der Waals surface area contributed by atoms with Gasteiger partial charge in [-0.3, -0.25) is 9.36 Å². The summed E-state index contributed by atoms with van der Waals surface area (Å²) in [4.78, 5) is 36.3. The summed E-state index contributed by atoms with van der Waals surface area (Å²) < 4.78 is 1.60. The van der Waals surface area contributed by atoms with Gasteiger partial charge in [-0.25, -0.2) is 14.8 Å². The van der Waals surface area contributed by atoms with Gasteiger partial charge in [0.1, 0.15) is 5.52 Å². The number of nitrogens with one attached hydrogen (secondary N) is 2. The first-order valence-electron chi connectivity index (χ1n) is 10.4. The van der Waals surface area contributed by atoms with Crippen LogP contribution in [0.25, 0.3) is 11.2 Å². The third-order valence-corrected chi connectivity index (χ3v) is 5.40. The molecule has 4 rings (SSSR count). The van der Waals surface area contributed by atoms with Gasteiger partial charge < -0.3 is 15.5 Å². The van der Waals surface area contributed by atoms with Crippen LogP contribution in [0.4, 0.5) is 16.3 Å². The minimum Gasteiger partial charge on any atom is -0.352 e. The van der Waals surface area contributed by atoms with Gasteiger partial charge >= 0.3 is 6.03 Å². The number of amides is 2. The Bertz CT molecular complexity index is 1160.